The van der Waals surface area contributed by atoms with E-state index in [2.05, 4.69) is 4.37 Å². The minimum absolute atomic E-state index is 0.0425. The second-order valence-corrected chi connectivity index (χ2v) is 4.12. The standard InChI is InChI=1S/C9H14N4OS/c1-6(2)13(3-4-14)9-7(5-10)8(11)12-15-9/h6,14H,3-4H2,1-2H3,(H2,11,12). The van der Waals surface area contributed by atoms with Crippen LogP contribution in [-0.2, 0) is 0 Å². The highest BCUT2D eigenvalue weighted by Gasteiger charge is 2.19. The number of aliphatic hydroxyl groups excluding tert-OH is 1. The summed E-state index contributed by atoms with van der Waals surface area (Å²) in [5.41, 5.74) is 5.98. The summed E-state index contributed by atoms with van der Waals surface area (Å²) in [5, 5.41) is 18.6. The molecular weight excluding hydrogens is 212 g/mol. The Hall–Kier alpha value is -1.32. The molecule has 1 aromatic heterocycles. The molecule has 1 rings (SSSR count). The zero-order valence-corrected chi connectivity index (χ0v) is 9.58. The van der Waals surface area contributed by atoms with Crippen molar-refractivity contribution < 1.29 is 5.11 Å². The molecule has 0 aliphatic heterocycles. The second-order valence-electron chi connectivity index (χ2n) is 3.37. The number of nitriles is 1. The first kappa shape index (κ1) is 11.8. The molecule has 0 spiro atoms. The van der Waals surface area contributed by atoms with Crippen LogP contribution >= 0.6 is 11.5 Å². The van der Waals surface area contributed by atoms with Crippen molar-refractivity contribution in [2.45, 2.75) is 19.9 Å². The van der Waals surface area contributed by atoms with Gasteiger partial charge in [0, 0.05) is 12.6 Å². The van der Waals surface area contributed by atoms with Crippen molar-refractivity contribution in [1.82, 2.24) is 4.37 Å². The van der Waals surface area contributed by atoms with E-state index in [4.69, 9.17) is 16.1 Å². The monoisotopic (exact) mass is 226 g/mol. The molecule has 0 aliphatic rings. The summed E-state index contributed by atoms with van der Waals surface area (Å²) in [6.07, 6.45) is 0. The smallest absolute Gasteiger partial charge is 0.157 e. The van der Waals surface area contributed by atoms with E-state index in [0.29, 0.717) is 12.1 Å². The number of aromatic nitrogens is 1. The summed E-state index contributed by atoms with van der Waals surface area (Å²) in [5.74, 6) is 0.265. The molecule has 0 atom stereocenters. The molecule has 15 heavy (non-hydrogen) atoms. The molecule has 0 amide bonds. The predicted octanol–water partition coefficient (Wildman–Crippen LogP) is 0.804. The number of anilines is 2. The summed E-state index contributed by atoms with van der Waals surface area (Å²) >= 11 is 1.19. The van der Waals surface area contributed by atoms with Crippen LogP contribution in [0.1, 0.15) is 19.4 Å². The van der Waals surface area contributed by atoms with Gasteiger partial charge in [0.2, 0.25) is 0 Å². The molecule has 0 saturated heterocycles. The zero-order valence-electron chi connectivity index (χ0n) is 8.77. The van der Waals surface area contributed by atoms with E-state index in [1.807, 2.05) is 24.8 Å². The topological polar surface area (TPSA) is 86.2 Å². The molecule has 3 N–H and O–H groups in total. The van der Waals surface area contributed by atoms with Gasteiger partial charge in [-0.1, -0.05) is 0 Å². The second kappa shape index (κ2) is 4.96. The average molecular weight is 226 g/mol. The molecule has 0 radical (unpaired) electrons. The Morgan fingerprint density at radius 3 is 2.80 bits per heavy atom. The minimum Gasteiger partial charge on any atom is -0.395 e. The first-order chi connectivity index (χ1) is 7.11. The predicted molar refractivity (Wildman–Crippen MR) is 60.8 cm³/mol. The van der Waals surface area contributed by atoms with Crippen LogP contribution < -0.4 is 10.6 Å². The average Bonchev–Trinajstić information content (AvgIpc) is 2.55. The lowest BCUT2D eigenvalue weighted by atomic mass is 10.2. The zero-order chi connectivity index (χ0) is 11.4. The van der Waals surface area contributed by atoms with Gasteiger partial charge in [0.1, 0.15) is 16.6 Å². The third-order valence-electron chi connectivity index (χ3n) is 2.04. The van der Waals surface area contributed by atoms with Crippen molar-refractivity contribution in [2.24, 2.45) is 0 Å². The quantitative estimate of drug-likeness (QED) is 0.793. The Labute approximate surface area is 92.9 Å². The fourth-order valence-electron chi connectivity index (χ4n) is 1.30. The van der Waals surface area contributed by atoms with Gasteiger partial charge < -0.3 is 15.7 Å². The molecule has 0 bridgehead atoms. The molecule has 1 heterocycles. The minimum atomic E-state index is 0.0425. The highest BCUT2D eigenvalue weighted by molar-refractivity contribution is 7.10. The maximum absolute atomic E-state index is 8.95. The van der Waals surface area contributed by atoms with Crippen LogP contribution in [0.15, 0.2) is 0 Å². The van der Waals surface area contributed by atoms with E-state index >= 15 is 0 Å². The Morgan fingerprint density at radius 1 is 1.67 bits per heavy atom. The molecule has 1 aromatic rings. The van der Waals surface area contributed by atoms with Crippen LogP contribution in [0.4, 0.5) is 10.8 Å². The van der Waals surface area contributed by atoms with Crippen LogP contribution in [0.3, 0.4) is 0 Å². The molecule has 6 heteroatoms. The summed E-state index contributed by atoms with van der Waals surface area (Å²) in [6.45, 7) is 4.51. The number of rotatable bonds is 4. The lowest BCUT2D eigenvalue weighted by Gasteiger charge is -2.26. The van der Waals surface area contributed by atoms with Crippen molar-refractivity contribution in [3.8, 4) is 6.07 Å². The number of nitrogen functional groups attached to an aromatic ring is 1. The van der Waals surface area contributed by atoms with E-state index in [1.54, 1.807) is 0 Å². The first-order valence-corrected chi connectivity index (χ1v) is 5.41. The van der Waals surface area contributed by atoms with Crippen molar-refractivity contribution >= 4 is 22.4 Å². The van der Waals surface area contributed by atoms with Gasteiger partial charge in [-0.2, -0.15) is 9.64 Å². The third-order valence-corrected chi connectivity index (χ3v) is 2.94. The normalized spacial score (nSPS) is 10.3. The number of hydrogen-bond acceptors (Lipinski definition) is 6. The molecule has 0 unspecified atom stereocenters. The summed E-state index contributed by atoms with van der Waals surface area (Å²) in [4.78, 5) is 1.92. The van der Waals surface area contributed by atoms with Crippen LogP contribution in [0, 0.1) is 11.3 Å². The maximum atomic E-state index is 8.95. The number of nitrogens with two attached hydrogens (primary N) is 1. The molecule has 82 valence electrons. The molecule has 5 nitrogen and oxygen atoms in total. The summed E-state index contributed by atoms with van der Waals surface area (Å²) in [6, 6.07) is 2.24. The number of aliphatic hydroxyl groups is 1. The van der Waals surface area contributed by atoms with Crippen LogP contribution in [-0.4, -0.2) is 28.7 Å². The van der Waals surface area contributed by atoms with Crippen LogP contribution in [0.25, 0.3) is 0 Å². The van der Waals surface area contributed by atoms with Gasteiger partial charge in [0.25, 0.3) is 0 Å². The van der Waals surface area contributed by atoms with Crippen molar-refractivity contribution in [3.05, 3.63) is 5.56 Å². The Kier molecular flexibility index (Phi) is 3.88. The fourth-order valence-corrected chi connectivity index (χ4v) is 2.22. The maximum Gasteiger partial charge on any atom is 0.157 e. The van der Waals surface area contributed by atoms with Gasteiger partial charge in [-0.05, 0) is 25.4 Å². The Balaban J connectivity index is 3.06. The van der Waals surface area contributed by atoms with E-state index in [1.165, 1.54) is 11.5 Å². The van der Waals surface area contributed by atoms with Gasteiger partial charge >= 0.3 is 0 Å². The molecule has 0 saturated carbocycles. The van der Waals surface area contributed by atoms with Crippen molar-refractivity contribution in [1.29, 1.82) is 5.26 Å². The lowest BCUT2D eigenvalue weighted by Crippen LogP contribution is -2.33. The molecule has 0 aliphatic carbocycles. The Morgan fingerprint density at radius 2 is 2.33 bits per heavy atom. The van der Waals surface area contributed by atoms with E-state index < -0.39 is 0 Å². The molecule has 0 fully saturated rings. The van der Waals surface area contributed by atoms with E-state index in [0.717, 1.165) is 5.00 Å². The van der Waals surface area contributed by atoms with Gasteiger partial charge in [-0.15, -0.1) is 0 Å². The molecule has 0 aromatic carbocycles. The number of nitrogens with zero attached hydrogens (tertiary/aromatic N) is 3. The number of hydrogen-bond donors (Lipinski definition) is 2. The highest BCUT2D eigenvalue weighted by Crippen LogP contribution is 2.30. The van der Waals surface area contributed by atoms with E-state index in [-0.39, 0.29) is 18.5 Å². The SMILES string of the molecule is CC(C)N(CCO)c1snc(N)c1C#N. The van der Waals surface area contributed by atoms with Gasteiger partial charge in [-0.3, -0.25) is 0 Å². The largest absolute Gasteiger partial charge is 0.395 e. The highest BCUT2D eigenvalue weighted by atomic mass is 32.1. The van der Waals surface area contributed by atoms with Crippen molar-refractivity contribution in [2.75, 3.05) is 23.8 Å². The lowest BCUT2D eigenvalue weighted by molar-refractivity contribution is 0.299. The van der Waals surface area contributed by atoms with Gasteiger partial charge in [0.15, 0.2) is 5.82 Å². The fraction of sp³-hybridized carbons (Fsp3) is 0.556. The van der Waals surface area contributed by atoms with Gasteiger partial charge in [0.05, 0.1) is 6.61 Å². The summed E-state index contributed by atoms with van der Waals surface area (Å²) < 4.78 is 3.95. The van der Waals surface area contributed by atoms with Crippen molar-refractivity contribution in [3.63, 3.8) is 0 Å². The van der Waals surface area contributed by atoms with Crippen LogP contribution in [0.2, 0.25) is 0 Å². The first-order valence-electron chi connectivity index (χ1n) is 4.64. The van der Waals surface area contributed by atoms with Gasteiger partial charge in [-0.25, -0.2) is 0 Å². The van der Waals surface area contributed by atoms with Crippen LogP contribution in [0.5, 0.6) is 0 Å². The third kappa shape index (κ3) is 2.37. The molecular formula is C9H14N4OS. The summed E-state index contributed by atoms with van der Waals surface area (Å²) in [7, 11) is 0. The Bertz CT molecular complexity index is 369. The van der Waals surface area contributed by atoms with E-state index in [9.17, 15) is 0 Å².